The van der Waals surface area contributed by atoms with Crippen LogP contribution in [0.25, 0.3) is 0 Å². The topological polar surface area (TPSA) is 68.0 Å². The summed E-state index contributed by atoms with van der Waals surface area (Å²) in [5.41, 5.74) is 6.09. The molecule has 0 bridgehead atoms. The lowest BCUT2D eigenvalue weighted by molar-refractivity contribution is 0.0944. The molecule has 0 saturated carbocycles. The minimum atomic E-state index is -0.170. The van der Waals surface area contributed by atoms with E-state index in [0.29, 0.717) is 18.1 Å². The zero-order valence-corrected chi connectivity index (χ0v) is 10.1. The first-order valence-electron chi connectivity index (χ1n) is 5.39. The molecule has 3 N–H and O–H groups in total. The summed E-state index contributed by atoms with van der Waals surface area (Å²) >= 11 is 0. The zero-order valence-electron chi connectivity index (χ0n) is 10.1. The summed E-state index contributed by atoms with van der Waals surface area (Å²) in [5.74, 6) is 0.194. The van der Waals surface area contributed by atoms with Gasteiger partial charge in [-0.05, 0) is 24.0 Å². The highest BCUT2D eigenvalue weighted by Crippen LogP contribution is 2.16. The minimum Gasteiger partial charge on any atom is -0.384 e. The van der Waals surface area contributed by atoms with E-state index in [-0.39, 0.29) is 11.3 Å². The lowest BCUT2D eigenvalue weighted by Crippen LogP contribution is -2.28. The van der Waals surface area contributed by atoms with E-state index in [1.54, 1.807) is 18.2 Å². The van der Waals surface area contributed by atoms with Crippen LogP contribution < -0.4 is 11.1 Å². The molecule has 1 rings (SSSR count). The molecule has 0 aliphatic heterocycles. The highest BCUT2D eigenvalue weighted by Gasteiger charge is 2.11. The first-order valence-corrected chi connectivity index (χ1v) is 5.39. The van der Waals surface area contributed by atoms with Crippen molar-refractivity contribution in [2.24, 2.45) is 5.41 Å². The van der Waals surface area contributed by atoms with E-state index in [1.165, 1.54) is 0 Å². The SMILES string of the molecule is CC(C)(C)CCNC(=O)c1cccc(N)n1. The van der Waals surface area contributed by atoms with Gasteiger partial charge in [-0.2, -0.15) is 0 Å². The molecule has 1 heterocycles. The third-order valence-corrected chi connectivity index (χ3v) is 2.16. The summed E-state index contributed by atoms with van der Waals surface area (Å²) in [4.78, 5) is 15.6. The Morgan fingerprint density at radius 2 is 2.12 bits per heavy atom. The first-order chi connectivity index (χ1) is 7.38. The molecule has 0 fully saturated rings. The highest BCUT2D eigenvalue weighted by atomic mass is 16.1. The predicted molar refractivity (Wildman–Crippen MR) is 65.1 cm³/mol. The third-order valence-electron chi connectivity index (χ3n) is 2.16. The van der Waals surface area contributed by atoms with Crippen molar-refractivity contribution >= 4 is 11.7 Å². The van der Waals surface area contributed by atoms with Crippen molar-refractivity contribution in [1.29, 1.82) is 0 Å². The molecule has 0 aliphatic rings. The Hall–Kier alpha value is -1.58. The highest BCUT2D eigenvalue weighted by molar-refractivity contribution is 5.92. The van der Waals surface area contributed by atoms with Gasteiger partial charge in [0.05, 0.1) is 0 Å². The Balaban J connectivity index is 2.47. The molecule has 1 aromatic rings. The van der Waals surface area contributed by atoms with Crippen LogP contribution in [-0.4, -0.2) is 17.4 Å². The Morgan fingerprint density at radius 1 is 1.44 bits per heavy atom. The summed E-state index contributed by atoms with van der Waals surface area (Å²) < 4.78 is 0. The van der Waals surface area contributed by atoms with Gasteiger partial charge < -0.3 is 11.1 Å². The van der Waals surface area contributed by atoms with E-state index in [4.69, 9.17) is 5.73 Å². The van der Waals surface area contributed by atoms with E-state index >= 15 is 0 Å². The number of nitrogens with one attached hydrogen (secondary N) is 1. The van der Waals surface area contributed by atoms with E-state index in [1.807, 2.05) is 0 Å². The Bertz CT molecular complexity index is 369. The number of aromatic nitrogens is 1. The van der Waals surface area contributed by atoms with Crippen LogP contribution in [0.2, 0.25) is 0 Å². The van der Waals surface area contributed by atoms with Gasteiger partial charge >= 0.3 is 0 Å². The maximum absolute atomic E-state index is 11.7. The molecule has 0 saturated heterocycles. The van der Waals surface area contributed by atoms with E-state index in [0.717, 1.165) is 6.42 Å². The number of hydrogen-bond acceptors (Lipinski definition) is 3. The second-order valence-corrected chi connectivity index (χ2v) is 5.01. The number of carbonyl (C=O) groups excluding carboxylic acids is 1. The van der Waals surface area contributed by atoms with Crippen molar-refractivity contribution in [2.75, 3.05) is 12.3 Å². The van der Waals surface area contributed by atoms with Gasteiger partial charge in [-0.1, -0.05) is 26.8 Å². The number of carbonyl (C=O) groups is 1. The van der Waals surface area contributed by atoms with Gasteiger partial charge in [-0.25, -0.2) is 4.98 Å². The number of nitrogens with zero attached hydrogens (tertiary/aromatic N) is 1. The molecule has 0 atom stereocenters. The molecule has 4 heteroatoms. The monoisotopic (exact) mass is 221 g/mol. The summed E-state index contributed by atoms with van der Waals surface area (Å²) in [5, 5.41) is 2.83. The molecular formula is C12H19N3O. The number of nitrogen functional groups attached to an aromatic ring is 1. The first kappa shape index (κ1) is 12.5. The van der Waals surface area contributed by atoms with Gasteiger partial charge in [0.2, 0.25) is 0 Å². The molecule has 88 valence electrons. The van der Waals surface area contributed by atoms with Crippen molar-refractivity contribution in [3.05, 3.63) is 23.9 Å². The normalized spacial score (nSPS) is 11.2. The van der Waals surface area contributed by atoms with Crippen LogP contribution in [0.1, 0.15) is 37.7 Å². The molecule has 0 unspecified atom stereocenters. The summed E-state index contributed by atoms with van der Waals surface area (Å²) in [6, 6.07) is 5.04. The van der Waals surface area contributed by atoms with Crippen LogP contribution in [0, 0.1) is 5.41 Å². The van der Waals surface area contributed by atoms with Gasteiger partial charge in [0.1, 0.15) is 11.5 Å². The number of anilines is 1. The van der Waals surface area contributed by atoms with Gasteiger partial charge in [0, 0.05) is 6.54 Å². The summed E-state index contributed by atoms with van der Waals surface area (Å²) in [6.07, 6.45) is 0.932. The van der Waals surface area contributed by atoms with Crippen molar-refractivity contribution < 1.29 is 4.79 Å². The molecule has 1 aromatic heterocycles. The van der Waals surface area contributed by atoms with Crippen molar-refractivity contribution in [2.45, 2.75) is 27.2 Å². The number of hydrogen-bond donors (Lipinski definition) is 2. The second-order valence-electron chi connectivity index (χ2n) is 5.01. The summed E-state index contributed by atoms with van der Waals surface area (Å²) in [6.45, 7) is 7.06. The average Bonchev–Trinajstić information content (AvgIpc) is 2.15. The van der Waals surface area contributed by atoms with Crippen molar-refractivity contribution in [3.8, 4) is 0 Å². The maximum atomic E-state index is 11.7. The standard InChI is InChI=1S/C12H19N3O/c1-12(2,3)7-8-14-11(16)9-5-4-6-10(13)15-9/h4-6H,7-8H2,1-3H3,(H2,13,15)(H,14,16). The van der Waals surface area contributed by atoms with E-state index < -0.39 is 0 Å². The molecular weight excluding hydrogens is 202 g/mol. The van der Waals surface area contributed by atoms with Crippen molar-refractivity contribution in [3.63, 3.8) is 0 Å². The Morgan fingerprint density at radius 3 is 2.69 bits per heavy atom. The number of pyridine rings is 1. The average molecular weight is 221 g/mol. The predicted octanol–water partition coefficient (Wildman–Crippen LogP) is 1.83. The fraction of sp³-hybridized carbons (Fsp3) is 0.500. The Labute approximate surface area is 96.3 Å². The van der Waals surface area contributed by atoms with Gasteiger partial charge in [-0.15, -0.1) is 0 Å². The van der Waals surface area contributed by atoms with Gasteiger partial charge in [0.15, 0.2) is 0 Å². The lowest BCUT2D eigenvalue weighted by Gasteiger charge is -2.17. The number of nitrogens with two attached hydrogens (primary N) is 1. The van der Waals surface area contributed by atoms with Crippen LogP contribution in [0.5, 0.6) is 0 Å². The fourth-order valence-corrected chi connectivity index (χ4v) is 1.22. The largest absolute Gasteiger partial charge is 0.384 e. The van der Waals surface area contributed by atoms with Crippen LogP contribution in [0.15, 0.2) is 18.2 Å². The molecule has 0 aliphatic carbocycles. The molecule has 16 heavy (non-hydrogen) atoms. The smallest absolute Gasteiger partial charge is 0.269 e. The maximum Gasteiger partial charge on any atom is 0.269 e. The number of amides is 1. The molecule has 0 radical (unpaired) electrons. The van der Waals surface area contributed by atoms with Crippen molar-refractivity contribution in [1.82, 2.24) is 10.3 Å². The second kappa shape index (κ2) is 4.96. The molecule has 0 aromatic carbocycles. The number of rotatable bonds is 3. The zero-order chi connectivity index (χ0) is 12.2. The van der Waals surface area contributed by atoms with E-state index in [2.05, 4.69) is 31.1 Å². The minimum absolute atomic E-state index is 0.170. The molecule has 4 nitrogen and oxygen atoms in total. The van der Waals surface area contributed by atoms with Crippen LogP contribution in [-0.2, 0) is 0 Å². The van der Waals surface area contributed by atoms with Gasteiger partial charge in [0.25, 0.3) is 5.91 Å². The van der Waals surface area contributed by atoms with Gasteiger partial charge in [-0.3, -0.25) is 4.79 Å². The lowest BCUT2D eigenvalue weighted by atomic mass is 9.92. The van der Waals surface area contributed by atoms with Crippen LogP contribution in [0.3, 0.4) is 0 Å². The third kappa shape index (κ3) is 4.29. The Kier molecular flexibility index (Phi) is 3.88. The van der Waals surface area contributed by atoms with Crippen LogP contribution in [0.4, 0.5) is 5.82 Å². The van der Waals surface area contributed by atoms with E-state index in [9.17, 15) is 4.79 Å². The summed E-state index contributed by atoms with van der Waals surface area (Å²) in [7, 11) is 0. The van der Waals surface area contributed by atoms with Crippen LogP contribution >= 0.6 is 0 Å². The molecule has 0 spiro atoms. The molecule has 1 amide bonds. The quantitative estimate of drug-likeness (QED) is 0.818. The fourth-order valence-electron chi connectivity index (χ4n) is 1.22.